The van der Waals surface area contributed by atoms with Crippen LogP contribution in [0, 0.1) is 0 Å². The lowest BCUT2D eigenvalue weighted by Gasteiger charge is -2.03. The van der Waals surface area contributed by atoms with E-state index in [9.17, 15) is 8.42 Å². The summed E-state index contributed by atoms with van der Waals surface area (Å²) in [4.78, 5) is 2.00. The van der Waals surface area contributed by atoms with Crippen LogP contribution in [0.25, 0.3) is 0 Å². The summed E-state index contributed by atoms with van der Waals surface area (Å²) in [6.07, 6.45) is 0. The van der Waals surface area contributed by atoms with Crippen molar-refractivity contribution in [1.82, 2.24) is 0 Å². The van der Waals surface area contributed by atoms with Gasteiger partial charge in [-0.25, -0.2) is 8.42 Å². The molecule has 0 aliphatic heterocycles. The molecule has 0 aromatic heterocycles. The van der Waals surface area contributed by atoms with Crippen molar-refractivity contribution < 1.29 is 8.42 Å². The minimum Gasteiger partial charge on any atom is -0.223 e. The Bertz CT molecular complexity index is 421. The van der Waals surface area contributed by atoms with Crippen LogP contribution in [0.1, 0.15) is 6.92 Å². The average molecular weight is 275 g/mol. The lowest BCUT2D eigenvalue weighted by Crippen LogP contribution is -2.07. The molecule has 0 radical (unpaired) electrons. The van der Waals surface area contributed by atoms with Gasteiger partial charge in [0.1, 0.15) is 0 Å². The van der Waals surface area contributed by atoms with Gasteiger partial charge in [0.25, 0.3) is 0 Å². The molecule has 1 rings (SSSR count). The first-order valence-corrected chi connectivity index (χ1v) is 6.67. The summed E-state index contributed by atoms with van der Waals surface area (Å²) in [6.45, 7) is 1.77. The summed E-state index contributed by atoms with van der Waals surface area (Å²) < 4.78 is 23.5. The van der Waals surface area contributed by atoms with Crippen molar-refractivity contribution in [2.45, 2.75) is 11.8 Å². The van der Waals surface area contributed by atoms with Gasteiger partial charge in [-0.2, -0.15) is 0 Å². The Morgan fingerprint density at radius 3 is 2.43 bits per heavy atom. The van der Waals surface area contributed by atoms with Crippen molar-refractivity contribution in [1.29, 1.82) is 0 Å². The van der Waals surface area contributed by atoms with Gasteiger partial charge in [0.2, 0.25) is 0 Å². The van der Waals surface area contributed by atoms with Crippen LogP contribution >= 0.6 is 15.9 Å². The molecule has 0 fully saturated rings. The van der Waals surface area contributed by atoms with Gasteiger partial charge < -0.3 is 0 Å². The molecule has 1 aromatic carbocycles. The van der Waals surface area contributed by atoms with Gasteiger partial charge in [-0.05, 0) is 24.0 Å². The highest BCUT2D eigenvalue weighted by Gasteiger charge is 2.13. The second-order valence-corrected chi connectivity index (χ2v) is 5.48. The van der Waals surface area contributed by atoms with Crippen molar-refractivity contribution in [3.8, 4) is 0 Å². The Labute approximate surface area is 92.7 Å². The van der Waals surface area contributed by atoms with E-state index in [2.05, 4.69) is 15.9 Å². The van der Waals surface area contributed by atoms with Crippen LogP contribution in [0.15, 0.2) is 45.8 Å². The summed E-state index contributed by atoms with van der Waals surface area (Å²) in [5, 5.41) is 0. The minimum absolute atomic E-state index is 0.0578. The van der Waals surface area contributed by atoms with E-state index in [1.165, 1.54) is 0 Å². The first kappa shape index (κ1) is 11.5. The van der Waals surface area contributed by atoms with E-state index in [0.717, 1.165) is 5.57 Å². The normalized spacial score (nSPS) is 12.9. The van der Waals surface area contributed by atoms with E-state index in [1.54, 1.807) is 42.2 Å². The lowest BCUT2D eigenvalue weighted by molar-refractivity contribution is 0.598. The Hall–Kier alpha value is -0.610. The molecule has 0 heterocycles. The number of hydrogen-bond acceptors (Lipinski definition) is 2. The van der Waals surface area contributed by atoms with Crippen LogP contribution in [-0.2, 0) is 9.84 Å². The van der Waals surface area contributed by atoms with E-state index in [-0.39, 0.29) is 5.75 Å². The van der Waals surface area contributed by atoms with Crippen LogP contribution in [0.3, 0.4) is 0 Å². The van der Waals surface area contributed by atoms with Gasteiger partial charge in [0, 0.05) is 0 Å². The topological polar surface area (TPSA) is 34.1 Å². The molecule has 2 nitrogen and oxygen atoms in total. The fourth-order valence-corrected chi connectivity index (χ4v) is 2.84. The SMILES string of the molecule is CC(=CBr)CS(=O)(=O)c1ccccc1. The van der Waals surface area contributed by atoms with Gasteiger partial charge in [-0.3, -0.25) is 0 Å². The smallest absolute Gasteiger partial charge is 0.182 e. The highest BCUT2D eigenvalue weighted by atomic mass is 79.9. The summed E-state index contributed by atoms with van der Waals surface area (Å²) >= 11 is 3.11. The quantitative estimate of drug-likeness (QED) is 0.850. The molecular weight excluding hydrogens is 264 g/mol. The molecule has 0 saturated heterocycles. The number of sulfone groups is 1. The molecule has 1 aromatic rings. The number of rotatable bonds is 3. The Morgan fingerprint density at radius 2 is 1.93 bits per heavy atom. The van der Waals surface area contributed by atoms with Crippen LogP contribution in [0.2, 0.25) is 0 Å². The molecule has 0 bridgehead atoms. The van der Waals surface area contributed by atoms with Crippen molar-refractivity contribution in [2.24, 2.45) is 0 Å². The standard InChI is InChI=1S/C10H11BrO2S/c1-9(7-11)8-14(12,13)10-5-3-2-4-6-10/h2-7H,8H2,1H3. The predicted octanol–water partition coefficient (Wildman–Crippen LogP) is 2.76. The molecule has 0 aliphatic carbocycles. The first-order chi connectivity index (χ1) is 6.56. The molecule has 14 heavy (non-hydrogen) atoms. The largest absolute Gasteiger partial charge is 0.223 e. The highest BCUT2D eigenvalue weighted by Crippen LogP contribution is 2.13. The first-order valence-electron chi connectivity index (χ1n) is 4.10. The summed E-state index contributed by atoms with van der Waals surface area (Å²) in [5.41, 5.74) is 0.786. The minimum atomic E-state index is -3.17. The molecule has 4 heteroatoms. The summed E-state index contributed by atoms with van der Waals surface area (Å²) in [6, 6.07) is 8.46. The molecule has 0 atom stereocenters. The van der Waals surface area contributed by atoms with Crippen molar-refractivity contribution >= 4 is 25.8 Å². The third-order valence-electron chi connectivity index (χ3n) is 1.71. The van der Waals surface area contributed by atoms with Gasteiger partial charge >= 0.3 is 0 Å². The van der Waals surface area contributed by atoms with E-state index < -0.39 is 9.84 Å². The third kappa shape index (κ3) is 2.96. The van der Waals surface area contributed by atoms with Crippen molar-refractivity contribution in [3.05, 3.63) is 40.9 Å². The number of hydrogen-bond donors (Lipinski definition) is 0. The monoisotopic (exact) mass is 274 g/mol. The van der Waals surface area contributed by atoms with Gasteiger partial charge in [-0.1, -0.05) is 39.7 Å². The second kappa shape index (κ2) is 4.75. The number of benzene rings is 1. The Morgan fingerprint density at radius 1 is 1.36 bits per heavy atom. The fourth-order valence-electron chi connectivity index (χ4n) is 1.04. The van der Waals surface area contributed by atoms with Crippen LogP contribution in [0.4, 0.5) is 0 Å². The van der Waals surface area contributed by atoms with Crippen molar-refractivity contribution in [2.75, 3.05) is 5.75 Å². The Balaban J connectivity index is 2.99. The fraction of sp³-hybridized carbons (Fsp3) is 0.200. The van der Waals surface area contributed by atoms with E-state index in [1.807, 2.05) is 0 Å². The van der Waals surface area contributed by atoms with Crippen LogP contribution < -0.4 is 0 Å². The highest BCUT2D eigenvalue weighted by molar-refractivity contribution is 9.11. The predicted molar refractivity (Wildman–Crippen MR) is 61.2 cm³/mol. The zero-order chi connectivity index (χ0) is 10.6. The van der Waals surface area contributed by atoms with E-state index in [4.69, 9.17) is 0 Å². The molecule has 0 amide bonds. The molecule has 0 aliphatic rings. The van der Waals surface area contributed by atoms with Gasteiger partial charge in [0.15, 0.2) is 9.84 Å². The number of halogens is 1. The van der Waals surface area contributed by atoms with Crippen LogP contribution in [0.5, 0.6) is 0 Å². The average Bonchev–Trinajstić information content (AvgIpc) is 2.18. The van der Waals surface area contributed by atoms with E-state index >= 15 is 0 Å². The van der Waals surface area contributed by atoms with Gasteiger partial charge in [0.05, 0.1) is 10.6 Å². The molecule has 0 N–H and O–H groups in total. The summed E-state index contributed by atoms with van der Waals surface area (Å²) in [7, 11) is -3.17. The Kier molecular flexibility index (Phi) is 3.89. The molecular formula is C10H11BrO2S. The maximum Gasteiger partial charge on any atom is 0.182 e. The summed E-state index contributed by atoms with van der Waals surface area (Å²) in [5.74, 6) is 0.0578. The maximum atomic E-state index is 11.7. The molecule has 0 unspecified atom stereocenters. The lowest BCUT2D eigenvalue weighted by atomic mass is 10.4. The zero-order valence-electron chi connectivity index (χ0n) is 7.77. The zero-order valence-corrected chi connectivity index (χ0v) is 10.2. The third-order valence-corrected chi connectivity index (χ3v) is 4.31. The van der Waals surface area contributed by atoms with E-state index in [0.29, 0.717) is 4.90 Å². The molecule has 0 spiro atoms. The van der Waals surface area contributed by atoms with Gasteiger partial charge in [-0.15, -0.1) is 0 Å². The van der Waals surface area contributed by atoms with Crippen LogP contribution in [-0.4, -0.2) is 14.2 Å². The second-order valence-electron chi connectivity index (χ2n) is 3.03. The molecule has 76 valence electrons. The molecule has 0 saturated carbocycles. The maximum absolute atomic E-state index is 11.7. The van der Waals surface area contributed by atoms with Crippen molar-refractivity contribution in [3.63, 3.8) is 0 Å².